The van der Waals surface area contributed by atoms with Crippen LogP contribution in [0, 0.1) is 6.92 Å². The number of hydrogen-bond donors (Lipinski definition) is 1. The monoisotopic (exact) mass is 282 g/mol. The smallest absolute Gasteiger partial charge is 0.328 e. The summed E-state index contributed by atoms with van der Waals surface area (Å²) in [7, 11) is 0. The fourth-order valence-electron chi connectivity index (χ4n) is 1.67. The Morgan fingerprint density at radius 2 is 2.00 bits per heavy atom. The van der Waals surface area contributed by atoms with Gasteiger partial charge in [0.15, 0.2) is 0 Å². The van der Waals surface area contributed by atoms with Gasteiger partial charge in [0.2, 0.25) is 0 Å². The van der Waals surface area contributed by atoms with Gasteiger partial charge in [-0.25, -0.2) is 4.79 Å². The minimum absolute atomic E-state index is 0.376. The Morgan fingerprint density at radius 3 is 2.50 bits per heavy atom. The molecule has 20 heavy (non-hydrogen) atoms. The van der Waals surface area contributed by atoms with Crippen LogP contribution in [-0.4, -0.2) is 28.7 Å². The molecule has 1 aromatic rings. The molecule has 1 amide bonds. The maximum atomic E-state index is 12.2. The molecule has 1 atom stereocenters. The van der Waals surface area contributed by atoms with Crippen LogP contribution in [-0.2, 0) is 16.0 Å². The zero-order valence-corrected chi connectivity index (χ0v) is 12.9. The molecule has 112 valence electrons. The van der Waals surface area contributed by atoms with Gasteiger partial charge in [0, 0.05) is 0 Å². The molecule has 1 aromatic heterocycles. The van der Waals surface area contributed by atoms with Crippen LogP contribution >= 0.6 is 0 Å². The van der Waals surface area contributed by atoms with Crippen molar-refractivity contribution in [3.63, 3.8) is 0 Å². The van der Waals surface area contributed by atoms with Crippen molar-refractivity contribution in [2.75, 3.05) is 0 Å². The van der Waals surface area contributed by atoms with Gasteiger partial charge >= 0.3 is 5.97 Å². The molecule has 1 rings (SSSR count). The fraction of sp³-hybridized carbons (Fsp3) is 0.643. The van der Waals surface area contributed by atoms with E-state index in [1.807, 2.05) is 6.92 Å². The molecule has 6 heteroatoms. The maximum absolute atomic E-state index is 12.2. The van der Waals surface area contributed by atoms with Crippen LogP contribution in [0.15, 0.2) is 4.52 Å². The molecule has 0 aromatic carbocycles. The van der Waals surface area contributed by atoms with Crippen molar-refractivity contribution >= 4 is 11.9 Å². The fourth-order valence-corrected chi connectivity index (χ4v) is 1.67. The lowest BCUT2D eigenvalue weighted by atomic mass is 10.1. The molecule has 0 unspecified atom stereocenters. The summed E-state index contributed by atoms with van der Waals surface area (Å²) < 4.78 is 10.2. The molecule has 0 aliphatic carbocycles. The van der Waals surface area contributed by atoms with Gasteiger partial charge in [-0.2, -0.15) is 0 Å². The first kappa shape index (κ1) is 16.2. The van der Waals surface area contributed by atoms with E-state index in [0.29, 0.717) is 23.4 Å². The Labute approximate surface area is 118 Å². The number of esters is 1. The second-order valence-electron chi connectivity index (χ2n) is 5.64. The topological polar surface area (TPSA) is 81.4 Å². The van der Waals surface area contributed by atoms with Gasteiger partial charge in [-0.05, 0) is 41.0 Å². The third-order valence-corrected chi connectivity index (χ3v) is 2.60. The number of nitrogens with one attached hydrogen (secondary N) is 1. The number of carbonyl (C=O) groups is 2. The first-order valence-corrected chi connectivity index (χ1v) is 6.64. The molecule has 0 saturated heterocycles. The second-order valence-corrected chi connectivity index (χ2v) is 5.64. The van der Waals surface area contributed by atoms with E-state index in [1.165, 1.54) is 0 Å². The van der Waals surface area contributed by atoms with E-state index in [4.69, 9.17) is 9.26 Å². The quantitative estimate of drug-likeness (QED) is 0.854. The lowest BCUT2D eigenvalue weighted by molar-refractivity contribution is -0.156. The molecular weight excluding hydrogens is 260 g/mol. The van der Waals surface area contributed by atoms with Crippen molar-refractivity contribution in [3.8, 4) is 0 Å². The highest BCUT2D eigenvalue weighted by Gasteiger charge is 2.26. The van der Waals surface area contributed by atoms with Crippen molar-refractivity contribution in [2.45, 2.75) is 59.6 Å². The predicted octanol–water partition coefficient (Wildman–Crippen LogP) is 2.01. The normalized spacial score (nSPS) is 12.9. The number of hydrogen-bond acceptors (Lipinski definition) is 5. The van der Waals surface area contributed by atoms with Gasteiger partial charge < -0.3 is 14.6 Å². The Morgan fingerprint density at radius 1 is 1.40 bits per heavy atom. The molecule has 0 spiro atoms. The van der Waals surface area contributed by atoms with Crippen LogP contribution in [0.3, 0.4) is 0 Å². The number of carbonyl (C=O) groups excluding carboxylic acids is 2. The summed E-state index contributed by atoms with van der Waals surface area (Å²) in [5.41, 5.74) is 0.386. The largest absolute Gasteiger partial charge is 0.458 e. The first-order valence-electron chi connectivity index (χ1n) is 6.64. The summed E-state index contributed by atoms with van der Waals surface area (Å²) in [5.74, 6) is -0.410. The van der Waals surface area contributed by atoms with Gasteiger partial charge in [0.05, 0.1) is 5.69 Å². The van der Waals surface area contributed by atoms with Crippen molar-refractivity contribution in [1.82, 2.24) is 10.5 Å². The number of aromatic nitrogens is 1. The molecule has 1 N–H and O–H groups in total. The molecule has 0 aliphatic heterocycles. The summed E-state index contributed by atoms with van der Waals surface area (Å²) in [6, 6.07) is -0.735. The summed E-state index contributed by atoms with van der Waals surface area (Å²) in [6.07, 6.45) is 0.584. The Balaban J connectivity index is 2.75. The molecule has 6 nitrogen and oxygen atoms in total. The summed E-state index contributed by atoms with van der Waals surface area (Å²) in [6.45, 7) is 10.5. The minimum Gasteiger partial charge on any atom is -0.458 e. The van der Waals surface area contributed by atoms with Crippen molar-refractivity contribution in [3.05, 3.63) is 17.0 Å². The van der Waals surface area contributed by atoms with E-state index in [0.717, 1.165) is 0 Å². The third kappa shape index (κ3) is 4.08. The van der Waals surface area contributed by atoms with E-state index in [-0.39, 0.29) is 5.91 Å². The third-order valence-electron chi connectivity index (χ3n) is 2.60. The average molecular weight is 282 g/mol. The number of ether oxygens (including phenoxy) is 1. The van der Waals surface area contributed by atoms with Crippen LogP contribution in [0.4, 0.5) is 0 Å². The summed E-state index contributed by atoms with van der Waals surface area (Å²) in [5, 5.41) is 6.42. The van der Waals surface area contributed by atoms with Crippen LogP contribution in [0.25, 0.3) is 0 Å². The highest BCUT2D eigenvalue weighted by atomic mass is 16.6. The Kier molecular flexibility index (Phi) is 4.92. The van der Waals surface area contributed by atoms with Crippen LogP contribution < -0.4 is 5.32 Å². The van der Waals surface area contributed by atoms with Gasteiger partial charge in [0.25, 0.3) is 5.91 Å². The van der Waals surface area contributed by atoms with Crippen molar-refractivity contribution < 1.29 is 18.8 Å². The zero-order chi connectivity index (χ0) is 15.5. The molecule has 1 heterocycles. The molecule has 0 aliphatic rings. The summed E-state index contributed by atoms with van der Waals surface area (Å²) >= 11 is 0. The first-order chi connectivity index (χ1) is 9.15. The lowest BCUT2D eigenvalue weighted by Crippen LogP contribution is -2.42. The molecule has 0 bridgehead atoms. The van der Waals surface area contributed by atoms with E-state index < -0.39 is 17.6 Å². The number of nitrogens with zero attached hydrogens (tertiary/aromatic N) is 1. The zero-order valence-electron chi connectivity index (χ0n) is 12.9. The van der Waals surface area contributed by atoms with Gasteiger partial charge in [0.1, 0.15) is 23.0 Å². The SMILES string of the molecule is CCc1noc(C)c1C(=O)N[C@H](C)C(=O)OC(C)(C)C. The standard InChI is InChI=1S/C14H22N2O4/c1-7-10-11(9(3)20-16-10)12(17)15-8(2)13(18)19-14(4,5)6/h8H,7H2,1-6H3,(H,15,17)/t8-/m1/s1. The maximum Gasteiger partial charge on any atom is 0.328 e. The molecular formula is C14H22N2O4. The highest BCUT2D eigenvalue weighted by Crippen LogP contribution is 2.14. The molecule has 0 fully saturated rings. The van der Waals surface area contributed by atoms with Crippen molar-refractivity contribution in [1.29, 1.82) is 0 Å². The number of aryl methyl sites for hydroxylation is 2. The minimum atomic E-state index is -0.735. The second kappa shape index (κ2) is 6.07. The van der Waals surface area contributed by atoms with E-state index in [9.17, 15) is 9.59 Å². The molecule has 0 saturated carbocycles. The van der Waals surface area contributed by atoms with E-state index in [1.54, 1.807) is 34.6 Å². The number of rotatable bonds is 4. The van der Waals surface area contributed by atoms with Crippen LogP contribution in [0.2, 0.25) is 0 Å². The van der Waals surface area contributed by atoms with E-state index >= 15 is 0 Å². The Hall–Kier alpha value is -1.85. The van der Waals surface area contributed by atoms with Gasteiger partial charge in [-0.15, -0.1) is 0 Å². The van der Waals surface area contributed by atoms with E-state index in [2.05, 4.69) is 10.5 Å². The Bertz CT molecular complexity index is 500. The van der Waals surface area contributed by atoms with Crippen LogP contribution in [0.1, 0.15) is 56.4 Å². The average Bonchev–Trinajstić information content (AvgIpc) is 2.67. The van der Waals surface area contributed by atoms with Gasteiger partial charge in [-0.1, -0.05) is 12.1 Å². The highest BCUT2D eigenvalue weighted by molar-refractivity contribution is 5.98. The lowest BCUT2D eigenvalue weighted by Gasteiger charge is -2.22. The van der Waals surface area contributed by atoms with Crippen molar-refractivity contribution in [2.24, 2.45) is 0 Å². The summed E-state index contributed by atoms with van der Waals surface area (Å²) in [4.78, 5) is 24.0. The van der Waals surface area contributed by atoms with Gasteiger partial charge in [-0.3, -0.25) is 4.79 Å². The van der Waals surface area contributed by atoms with Crippen LogP contribution in [0.5, 0.6) is 0 Å². The molecule has 0 radical (unpaired) electrons. The predicted molar refractivity (Wildman–Crippen MR) is 73.4 cm³/mol. The number of amides is 1.